The lowest BCUT2D eigenvalue weighted by atomic mass is 10.1. The molecule has 0 fully saturated rings. The molecule has 0 aromatic heterocycles. The highest BCUT2D eigenvalue weighted by molar-refractivity contribution is 5.97. The molecule has 7 nitrogen and oxygen atoms in total. The number of nitrogens with one attached hydrogen (secondary N) is 2. The molecule has 0 unspecified atom stereocenters. The Balaban J connectivity index is 1.99. The van der Waals surface area contributed by atoms with Crippen molar-refractivity contribution in [3.8, 4) is 5.75 Å². The van der Waals surface area contributed by atoms with Gasteiger partial charge >= 0.3 is 0 Å². The number of amides is 3. The van der Waals surface area contributed by atoms with E-state index in [1.807, 2.05) is 0 Å². The summed E-state index contributed by atoms with van der Waals surface area (Å²) in [5, 5.41) is 9.57. The van der Waals surface area contributed by atoms with E-state index >= 15 is 0 Å². The molecule has 0 bridgehead atoms. The first kappa shape index (κ1) is 21.5. The third kappa shape index (κ3) is 9.66. The molecule has 0 saturated heterocycles. The standard InChI is InChI=1S/C19H29N3O4/c20-17(24)13-7-5-3-1-2-4-6-8-14-18(25)21-22-19(26)15-11-9-10-12-16(15)23/h9-12,23H,1-8,13-14H2,(H2,20,24)(H,21,25)(H,22,26). The summed E-state index contributed by atoms with van der Waals surface area (Å²) < 4.78 is 0. The van der Waals surface area contributed by atoms with Crippen LogP contribution in [0, 0.1) is 0 Å². The summed E-state index contributed by atoms with van der Waals surface area (Å²) in [6, 6.07) is 6.14. The molecule has 7 heteroatoms. The SMILES string of the molecule is NC(=O)CCCCCCCCCCC(=O)NNC(=O)c1ccccc1O. The van der Waals surface area contributed by atoms with Crippen LogP contribution in [0.5, 0.6) is 5.75 Å². The van der Waals surface area contributed by atoms with Crippen LogP contribution in [0.3, 0.4) is 0 Å². The number of para-hydroxylation sites is 1. The first-order valence-corrected chi connectivity index (χ1v) is 9.16. The molecule has 0 heterocycles. The molecule has 1 rings (SSSR count). The number of unbranched alkanes of at least 4 members (excludes halogenated alkanes) is 7. The predicted octanol–water partition coefficient (Wildman–Crippen LogP) is 2.54. The molecule has 26 heavy (non-hydrogen) atoms. The van der Waals surface area contributed by atoms with Crippen LogP contribution in [0.25, 0.3) is 0 Å². The number of hydrogen-bond donors (Lipinski definition) is 4. The van der Waals surface area contributed by atoms with Crippen LogP contribution in [0.2, 0.25) is 0 Å². The minimum absolute atomic E-state index is 0.114. The smallest absolute Gasteiger partial charge is 0.273 e. The van der Waals surface area contributed by atoms with Gasteiger partial charge in [-0.25, -0.2) is 0 Å². The second-order valence-corrected chi connectivity index (χ2v) is 6.31. The van der Waals surface area contributed by atoms with E-state index in [4.69, 9.17) is 5.73 Å². The average Bonchev–Trinajstić information content (AvgIpc) is 2.61. The first-order chi connectivity index (χ1) is 12.5. The Morgan fingerprint density at radius 2 is 1.35 bits per heavy atom. The van der Waals surface area contributed by atoms with Crippen molar-refractivity contribution in [1.29, 1.82) is 0 Å². The van der Waals surface area contributed by atoms with Gasteiger partial charge in [0.2, 0.25) is 11.8 Å². The molecule has 0 aliphatic heterocycles. The van der Waals surface area contributed by atoms with Crippen LogP contribution in [-0.4, -0.2) is 22.8 Å². The predicted molar refractivity (Wildman–Crippen MR) is 99.1 cm³/mol. The molecule has 0 saturated carbocycles. The Bertz CT molecular complexity index is 590. The van der Waals surface area contributed by atoms with Crippen molar-refractivity contribution < 1.29 is 19.5 Å². The van der Waals surface area contributed by atoms with E-state index in [1.165, 1.54) is 12.1 Å². The molecule has 3 amide bonds. The highest BCUT2D eigenvalue weighted by Gasteiger charge is 2.10. The Labute approximate surface area is 154 Å². The summed E-state index contributed by atoms with van der Waals surface area (Å²) in [5.74, 6) is -1.16. The lowest BCUT2D eigenvalue weighted by Gasteiger charge is -2.08. The molecule has 0 aliphatic rings. The maximum absolute atomic E-state index is 11.8. The van der Waals surface area contributed by atoms with E-state index in [0.717, 1.165) is 51.4 Å². The van der Waals surface area contributed by atoms with Crippen molar-refractivity contribution in [3.63, 3.8) is 0 Å². The van der Waals surface area contributed by atoms with Gasteiger partial charge in [0, 0.05) is 12.8 Å². The van der Waals surface area contributed by atoms with Gasteiger partial charge in [-0.2, -0.15) is 0 Å². The van der Waals surface area contributed by atoms with Gasteiger partial charge in [0.05, 0.1) is 5.56 Å². The van der Waals surface area contributed by atoms with Gasteiger partial charge in [0.25, 0.3) is 5.91 Å². The van der Waals surface area contributed by atoms with Gasteiger partial charge in [-0.05, 0) is 25.0 Å². The second kappa shape index (κ2) is 12.7. The normalized spacial score (nSPS) is 10.3. The van der Waals surface area contributed by atoms with Gasteiger partial charge in [-0.15, -0.1) is 0 Å². The van der Waals surface area contributed by atoms with E-state index in [2.05, 4.69) is 10.9 Å². The first-order valence-electron chi connectivity index (χ1n) is 9.16. The fraction of sp³-hybridized carbons (Fsp3) is 0.526. The Morgan fingerprint density at radius 3 is 1.92 bits per heavy atom. The van der Waals surface area contributed by atoms with Gasteiger partial charge in [-0.3, -0.25) is 25.2 Å². The maximum Gasteiger partial charge on any atom is 0.273 e. The van der Waals surface area contributed by atoms with Crippen molar-refractivity contribution in [2.45, 2.75) is 64.2 Å². The summed E-state index contributed by atoms with van der Waals surface area (Å²) in [6.07, 6.45) is 8.84. The number of hydrogen-bond acceptors (Lipinski definition) is 4. The van der Waals surface area contributed by atoms with Gasteiger partial charge < -0.3 is 10.8 Å². The van der Waals surface area contributed by atoms with Crippen LogP contribution in [-0.2, 0) is 9.59 Å². The molecule has 0 radical (unpaired) electrons. The minimum Gasteiger partial charge on any atom is -0.507 e. The van der Waals surface area contributed by atoms with Crippen molar-refractivity contribution in [2.24, 2.45) is 5.73 Å². The number of benzene rings is 1. The second-order valence-electron chi connectivity index (χ2n) is 6.31. The summed E-state index contributed by atoms with van der Waals surface area (Å²) in [6.45, 7) is 0. The third-order valence-corrected chi connectivity index (χ3v) is 4.04. The topological polar surface area (TPSA) is 122 Å². The quantitative estimate of drug-likeness (QED) is 0.337. The van der Waals surface area contributed by atoms with Gasteiger partial charge in [0.15, 0.2) is 0 Å². The zero-order valence-electron chi connectivity index (χ0n) is 15.1. The number of hydrazine groups is 1. The van der Waals surface area contributed by atoms with Crippen molar-refractivity contribution in [2.75, 3.05) is 0 Å². The number of nitrogens with two attached hydrogens (primary N) is 1. The number of carbonyl (C=O) groups is 3. The van der Waals surface area contributed by atoms with Crippen LogP contribution < -0.4 is 16.6 Å². The van der Waals surface area contributed by atoms with Crippen molar-refractivity contribution >= 4 is 17.7 Å². The van der Waals surface area contributed by atoms with Gasteiger partial charge in [-0.1, -0.05) is 50.7 Å². The lowest BCUT2D eigenvalue weighted by molar-refractivity contribution is -0.122. The number of rotatable bonds is 12. The highest BCUT2D eigenvalue weighted by Crippen LogP contribution is 2.14. The summed E-state index contributed by atoms with van der Waals surface area (Å²) >= 11 is 0. The fourth-order valence-corrected chi connectivity index (χ4v) is 2.57. The zero-order valence-corrected chi connectivity index (χ0v) is 15.1. The fourth-order valence-electron chi connectivity index (χ4n) is 2.57. The van der Waals surface area contributed by atoms with E-state index in [0.29, 0.717) is 12.8 Å². The number of phenolic OH excluding ortho intramolecular Hbond substituents is 1. The molecule has 1 aromatic rings. The molecule has 0 atom stereocenters. The minimum atomic E-state index is -0.548. The van der Waals surface area contributed by atoms with E-state index in [1.54, 1.807) is 12.1 Å². The van der Waals surface area contributed by atoms with Crippen molar-refractivity contribution in [3.05, 3.63) is 29.8 Å². The summed E-state index contributed by atoms with van der Waals surface area (Å²) in [4.78, 5) is 34.1. The Hall–Kier alpha value is -2.57. The molecular weight excluding hydrogens is 334 g/mol. The molecule has 0 spiro atoms. The zero-order chi connectivity index (χ0) is 19.2. The third-order valence-electron chi connectivity index (χ3n) is 4.04. The van der Waals surface area contributed by atoms with E-state index in [9.17, 15) is 19.5 Å². The average molecular weight is 363 g/mol. The van der Waals surface area contributed by atoms with Crippen LogP contribution >= 0.6 is 0 Å². The molecule has 0 aliphatic carbocycles. The number of phenols is 1. The molecule has 1 aromatic carbocycles. The highest BCUT2D eigenvalue weighted by atomic mass is 16.3. The van der Waals surface area contributed by atoms with Crippen LogP contribution in [0.15, 0.2) is 24.3 Å². The molecule has 5 N–H and O–H groups in total. The number of carbonyl (C=O) groups excluding carboxylic acids is 3. The summed E-state index contributed by atoms with van der Waals surface area (Å²) in [7, 11) is 0. The lowest BCUT2D eigenvalue weighted by Crippen LogP contribution is -2.41. The molecule has 144 valence electrons. The Kier molecular flexibility index (Phi) is 10.5. The Morgan fingerprint density at radius 1 is 0.808 bits per heavy atom. The molecular formula is C19H29N3O4. The van der Waals surface area contributed by atoms with Crippen LogP contribution in [0.1, 0.15) is 74.6 Å². The van der Waals surface area contributed by atoms with Crippen molar-refractivity contribution in [1.82, 2.24) is 10.9 Å². The maximum atomic E-state index is 11.8. The number of primary amides is 1. The van der Waals surface area contributed by atoms with E-state index < -0.39 is 5.91 Å². The largest absolute Gasteiger partial charge is 0.507 e. The van der Waals surface area contributed by atoms with E-state index in [-0.39, 0.29) is 23.1 Å². The summed E-state index contributed by atoms with van der Waals surface area (Å²) in [5.41, 5.74) is 9.85. The number of aromatic hydroxyl groups is 1. The monoisotopic (exact) mass is 363 g/mol. The van der Waals surface area contributed by atoms with Gasteiger partial charge in [0.1, 0.15) is 5.75 Å². The van der Waals surface area contributed by atoms with Crippen LogP contribution in [0.4, 0.5) is 0 Å².